The largest absolute Gasteiger partial charge is 0.323 e. The summed E-state index contributed by atoms with van der Waals surface area (Å²) in [6.45, 7) is 3.33. The lowest BCUT2D eigenvalue weighted by Crippen LogP contribution is -2.33. The Morgan fingerprint density at radius 2 is 2.27 bits per heavy atom. The molecule has 2 amide bonds. The smallest absolute Gasteiger partial charge is 0.322 e. The minimum Gasteiger partial charge on any atom is -0.322 e. The number of urea groups is 1. The molecule has 134 valence electrons. The first-order valence-electron chi connectivity index (χ1n) is 8.24. The molecule has 3 heterocycles. The predicted octanol–water partition coefficient (Wildman–Crippen LogP) is 3.84. The van der Waals surface area contributed by atoms with Crippen molar-refractivity contribution in [3.63, 3.8) is 0 Å². The third-order valence-corrected chi connectivity index (χ3v) is 5.39. The van der Waals surface area contributed by atoms with Gasteiger partial charge in [-0.25, -0.2) is 4.79 Å². The molecule has 26 heavy (non-hydrogen) atoms. The number of aromatic nitrogens is 4. The van der Waals surface area contributed by atoms with Crippen LogP contribution in [-0.4, -0.2) is 44.0 Å². The fourth-order valence-electron chi connectivity index (χ4n) is 2.96. The fraction of sp³-hybridized carbons (Fsp3) is 0.294. The SMILES string of the molecule is Cc1cnn(C2CCN(C(=O)Nc3nnc(-c4cccc(Cl)c4)s3)C2)c1. The number of nitrogens with one attached hydrogen (secondary N) is 1. The molecule has 1 N–H and O–H groups in total. The molecule has 2 aromatic heterocycles. The van der Waals surface area contributed by atoms with Gasteiger partial charge >= 0.3 is 6.03 Å². The average Bonchev–Trinajstić information content (AvgIpc) is 3.34. The summed E-state index contributed by atoms with van der Waals surface area (Å²) >= 11 is 7.34. The molecule has 0 spiro atoms. The van der Waals surface area contributed by atoms with Gasteiger partial charge in [0.1, 0.15) is 5.01 Å². The Morgan fingerprint density at radius 3 is 3.04 bits per heavy atom. The summed E-state index contributed by atoms with van der Waals surface area (Å²) in [6.07, 6.45) is 4.73. The molecule has 4 rings (SSSR count). The van der Waals surface area contributed by atoms with Crippen LogP contribution in [0.2, 0.25) is 5.02 Å². The van der Waals surface area contributed by atoms with Gasteiger partial charge in [-0.3, -0.25) is 10.00 Å². The Labute approximate surface area is 159 Å². The number of halogens is 1. The van der Waals surface area contributed by atoms with Crippen LogP contribution in [0.4, 0.5) is 9.93 Å². The van der Waals surface area contributed by atoms with Crippen molar-refractivity contribution in [3.8, 4) is 10.6 Å². The number of carbonyl (C=O) groups is 1. The molecule has 0 bridgehead atoms. The van der Waals surface area contributed by atoms with Crippen molar-refractivity contribution < 1.29 is 4.79 Å². The van der Waals surface area contributed by atoms with Gasteiger partial charge in [-0.1, -0.05) is 35.1 Å². The van der Waals surface area contributed by atoms with E-state index in [1.54, 1.807) is 11.0 Å². The van der Waals surface area contributed by atoms with E-state index in [0.717, 1.165) is 17.5 Å². The minimum atomic E-state index is -0.162. The van der Waals surface area contributed by atoms with E-state index in [-0.39, 0.29) is 12.1 Å². The Morgan fingerprint density at radius 1 is 1.38 bits per heavy atom. The lowest BCUT2D eigenvalue weighted by Gasteiger charge is -2.16. The summed E-state index contributed by atoms with van der Waals surface area (Å²) in [5.41, 5.74) is 2.00. The van der Waals surface area contributed by atoms with Gasteiger partial charge in [-0.05, 0) is 31.0 Å². The van der Waals surface area contributed by atoms with Crippen molar-refractivity contribution >= 4 is 34.1 Å². The molecule has 0 aliphatic carbocycles. The second kappa shape index (κ2) is 7.05. The van der Waals surface area contributed by atoms with Crippen LogP contribution in [0, 0.1) is 6.92 Å². The van der Waals surface area contributed by atoms with Gasteiger partial charge < -0.3 is 4.90 Å². The third kappa shape index (κ3) is 3.56. The van der Waals surface area contributed by atoms with Gasteiger partial charge in [0.05, 0.1) is 12.2 Å². The number of likely N-dealkylation sites (tertiary alicyclic amines) is 1. The zero-order valence-electron chi connectivity index (χ0n) is 14.1. The van der Waals surface area contributed by atoms with Crippen LogP contribution in [0.5, 0.6) is 0 Å². The van der Waals surface area contributed by atoms with Crippen molar-refractivity contribution in [3.05, 3.63) is 47.2 Å². The van der Waals surface area contributed by atoms with Gasteiger partial charge in [0.2, 0.25) is 5.13 Å². The van der Waals surface area contributed by atoms with Crippen LogP contribution in [-0.2, 0) is 0 Å². The summed E-state index contributed by atoms with van der Waals surface area (Å²) in [5, 5.41) is 17.2. The van der Waals surface area contributed by atoms with E-state index in [1.807, 2.05) is 42.2 Å². The molecule has 0 radical (unpaired) electrons. The molecule has 1 fully saturated rings. The number of carbonyl (C=O) groups excluding carboxylic acids is 1. The standard InChI is InChI=1S/C17H17ClN6OS/c1-11-8-19-24(9-11)14-5-6-23(10-14)17(25)20-16-22-21-15(26-16)12-3-2-4-13(18)7-12/h2-4,7-9,14H,5-6,10H2,1H3,(H,20,22,25). The second-order valence-electron chi connectivity index (χ2n) is 6.24. The van der Waals surface area contributed by atoms with E-state index < -0.39 is 0 Å². The zero-order chi connectivity index (χ0) is 18.1. The maximum absolute atomic E-state index is 12.5. The van der Waals surface area contributed by atoms with Crippen molar-refractivity contribution in [2.24, 2.45) is 0 Å². The molecule has 1 atom stereocenters. The molecule has 1 saturated heterocycles. The number of nitrogens with zero attached hydrogens (tertiary/aromatic N) is 5. The quantitative estimate of drug-likeness (QED) is 0.739. The zero-order valence-corrected chi connectivity index (χ0v) is 15.7. The van der Waals surface area contributed by atoms with E-state index in [2.05, 4.69) is 20.6 Å². The maximum atomic E-state index is 12.5. The van der Waals surface area contributed by atoms with Gasteiger partial charge in [0, 0.05) is 29.9 Å². The van der Waals surface area contributed by atoms with E-state index in [4.69, 9.17) is 11.6 Å². The van der Waals surface area contributed by atoms with Crippen LogP contribution in [0.25, 0.3) is 10.6 Å². The monoisotopic (exact) mass is 388 g/mol. The Hall–Kier alpha value is -2.45. The number of hydrogen-bond acceptors (Lipinski definition) is 5. The lowest BCUT2D eigenvalue weighted by molar-refractivity contribution is 0.220. The summed E-state index contributed by atoms with van der Waals surface area (Å²) < 4.78 is 1.94. The van der Waals surface area contributed by atoms with Gasteiger partial charge in [0.25, 0.3) is 0 Å². The van der Waals surface area contributed by atoms with E-state index >= 15 is 0 Å². The van der Waals surface area contributed by atoms with Crippen molar-refractivity contribution in [2.75, 3.05) is 18.4 Å². The molecule has 0 saturated carbocycles. The second-order valence-corrected chi connectivity index (χ2v) is 7.65. The lowest BCUT2D eigenvalue weighted by atomic mass is 10.2. The molecule has 7 nitrogen and oxygen atoms in total. The molecule has 3 aromatic rings. The summed E-state index contributed by atoms with van der Waals surface area (Å²) in [7, 11) is 0. The highest BCUT2D eigenvalue weighted by molar-refractivity contribution is 7.18. The first-order chi connectivity index (χ1) is 12.6. The minimum absolute atomic E-state index is 0.162. The number of amides is 2. The molecule has 1 aromatic carbocycles. The van der Waals surface area contributed by atoms with E-state index in [1.165, 1.54) is 11.3 Å². The van der Waals surface area contributed by atoms with Crippen molar-refractivity contribution in [1.29, 1.82) is 0 Å². The van der Waals surface area contributed by atoms with E-state index in [9.17, 15) is 4.79 Å². The highest BCUT2D eigenvalue weighted by atomic mass is 35.5. The highest BCUT2D eigenvalue weighted by Gasteiger charge is 2.28. The predicted molar refractivity (Wildman–Crippen MR) is 102 cm³/mol. The third-order valence-electron chi connectivity index (χ3n) is 4.27. The van der Waals surface area contributed by atoms with Crippen LogP contribution >= 0.6 is 22.9 Å². The van der Waals surface area contributed by atoms with E-state index in [0.29, 0.717) is 28.3 Å². The molecule has 9 heteroatoms. The number of anilines is 1. The van der Waals surface area contributed by atoms with Crippen molar-refractivity contribution in [1.82, 2.24) is 24.9 Å². The Kier molecular flexibility index (Phi) is 4.60. The normalized spacial score (nSPS) is 16.8. The van der Waals surface area contributed by atoms with Crippen LogP contribution in [0.1, 0.15) is 18.0 Å². The fourth-order valence-corrected chi connectivity index (χ4v) is 3.88. The first kappa shape index (κ1) is 17.0. The molecular weight excluding hydrogens is 372 g/mol. The van der Waals surface area contributed by atoms with Gasteiger partial charge in [-0.2, -0.15) is 5.10 Å². The Bertz CT molecular complexity index is 939. The molecule has 1 aliphatic heterocycles. The average molecular weight is 389 g/mol. The maximum Gasteiger partial charge on any atom is 0.323 e. The summed E-state index contributed by atoms with van der Waals surface area (Å²) in [5.74, 6) is 0. The van der Waals surface area contributed by atoms with Crippen LogP contribution < -0.4 is 5.32 Å². The van der Waals surface area contributed by atoms with Gasteiger partial charge in [0.15, 0.2) is 0 Å². The Balaban J connectivity index is 1.40. The number of benzene rings is 1. The number of aryl methyl sites for hydroxylation is 1. The van der Waals surface area contributed by atoms with Crippen LogP contribution in [0.3, 0.4) is 0 Å². The summed E-state index contributed by atoms with van der Waals surface area (Å²) in [6, 6.07) is 7.45. The molecular formula is C17H17ClN6OS. The number of hydrogen-bond donors (Lipinski definition) is 1. The van der Waals surface area contributed by atoms with Gasteiger partial charge in [-0.15, -0.1) is 10.2 Å². The molecule has 1 unspecified atom stereocenters. The molecule has 1 aliphatic rings. The van der Waals surface area contributed by atoms with Crippen LogP contribution in [0.15, 0.2) is 36.7 Å². The van der Waals surface area contributed by atoms with Crippen molar-refractivity contribution in [2.45, 2.75) is 19.4 Å². The highest BCUT2D eigenvalue weighted by Crippen LogP contribution is 2.29. The number of rotatable bonds is 3. The first-order valence-corrected chi connectivity index (χ1v) is 9.44. The topological polar surface area (TPSA) is 75.9 Å². The summed E-state index contributed by atoms with van der Waals surface area (Å²) in [4.78, 5) is 14.3.